The molecule has 0 amide bonds. The highest BCUT2D eigenvalue weighted by molar-refractivity contribution is 7.98. The molecule has 0 aliphatic rings. The van der Waals surface area contributed by atoms with Gasteiger partial charge >= 0.3 is 0 Å². The van der Waals surface area contributed by atoms with Gasteiger partial charge in [0.05, 0.1) is 0 Å². The van der Waals surface area contributed by atoms with Crippen molar-refractivity contribution < 1.29 is 0 Å². The molecule has 1 atom stereocenters. The normalized spacial score (nSPS) is 12.5. The van der Waals surface area contributed by atoms with Crippen LogP contribution in [-0.4, -0.2) is 30.1 Å². The van der Waals surface area contributed by atoms with E-state index in [1.54, 1.807) is 0 Å². The highest BCUT2D eigenvalue weighted by atomic mass is 32.2. The van der Waals surface area contributed by atoms with Crippen LogP contribution in [0.4, 0.5) is 5.82 Å². The average Bonchev–Trinajstić information content (AvgIpc) is 2.35. The van der Waals surface area contributed by atoms with Gasteiger partial charge in [0, 0.05) is 25.8 Å². The second-order valence-corrected chi connectivity index (χ2v) is 4.96. The molecule has 0 aromatic carbocycles. The molecule has 16 heavy (non-hydrogen) atoms. The Morgan fingerprint density at radius 2 is 2.25 bits per heavy atom. The van der Waals surface area contributed by atoms with Gasteiger partial charge in [-0.25, -0.2) is 4.98 Å². The van der Waals surface area contributed by atoms with E-state index >= 15 is 0 Å². The van der Waals surface area contributed by atoms with Gasteiger partial charge in [-0.3, -0.25) is 0 Å². The van der Waals surface area contributed by atoms with Crippen LogP contribution in [0.1, 0.15) is 18.9 Å². The predicted molar refractivity (Wildman–Crippen MR) is 73.0 cm³/mol. The quantitative estimate of drug-likeness (QED) is 0.825. The molecule has 0 fully saturated rings. The smallest absolute Gasteiger partial charge is 0.128 e. The minimum atomic E-state index is 0.517. The molecule has 3 nitrogen and oxygen atoms in total. The van der Waals surface area contributed by atoms with Crippen LogP contribution in [0.25, 0.3) is 0 Å². The third-order valence-corrected chi connectivity index (χ3v) is 3.45. The second-order valence-electron chi connectivity index (χ2n) is 3.97. The van der Waals surface area contributed by atoms with Crippen LogP contribution in [0.5, 0.6) is 0 Å². The van der Waals surface area contributed by atoms with Crippen LogP contribution in [0.3, 0.4) is 0 Å². The first-order valence-corrected chi connectivity index (χ1v) is 6.95. The fourth-order valence-corrected chi connectivity index (χ4v) is 2.03. The van der Waals surface area contributed by atoms with Gasteiger partial charge in [0.2, 0.25) is 0 Å². The third-order valence-electron chi connectivity index (χ3n) is 2.81. The average molecular weight is 239 g/mol. The number of pyridine rings is 1. The van der Waals surface area contributed by atoms with E-state index in [1.165, 1.54) is 12.2 Å². The Bertz CT molecular complexity index is 300. The number of rotatable bonds is 6. The number of nitrogens with two attached hydrogens (primary N) is 1. The molecule has 0 aliphatic heterocycles. The molecular formula is C12H21N3S. The summed E-state index contributed by atoms with van der Waals surface area (Å²) in [5.74, 6) is 2.21. The lowest BCUT2D eigenvalue weighted by Gasteiger charge is -2.25. The Hall–Kier alpha value is -0.740. The van der Waals surface area contributed by atoms with Crippen LogP contribution >= 0.6 is 11.8 Å². The molecule has 90 valence electrons. The van der Waals surface area contributed by atoms with E-state index in [0.29, 0.717) is 12.6 Å². The molecule has 1 aromatic heterocycles. The number of thioether (sulfide) groups is 1. The molecule has 2 N–H and O–H groups in total. The van der Waals surface area contributed by atoms with Crippen molar-refractivity contribution in [2.75, 3.05) is 24.0 Å². The Morgan fingerprint density at radius 1 is 1.50 bits per heavy atom. The first-order chi connectivity index (χ1) is 7.69. The molecule has 0 saturated heterocycles. The fourth-order valence-electron chi connectivity index (χ4n) is 1.45. The predicted octanol–water partition coefficient (Wildman–Crippen LogP) is 2.12. The molecule has 0 saturated carbocycles. The molecule has 0 bridgehead atoms. The zero-order chi connectivity index (χ0) is 12.0. The summed E-state index contributed by atoms with van der Waals surface area (Å²) in [4.78, 5) is 6.64. The molecule has 4 heteroatoms. The molecular weight excluding hydrogens is 218 g/mol. The van der Waals surface area contributed by atoms with Crippen molar-refractivity contribution in [2.45, 2.75) is 25.9 Å². The first kappa shape index (κ1) is 13.3. The van der Waals surface area contributed by atoms with E-state index in [2.05, 4.69) is 30.1 Å². The summed E-state index contributed by atoms with van der Waals surface area (Å²) in [6.07, 6.45) is 5.17. The van der Waals surface area contributed by atoms with Crippen molar-refractivity contribution in [3.63, 3.8) is 0 Å². The van der Waals surface area contributed by atoms with Crippen molar-refractivity contribution in [1.29, 1.82) is 0 Å². The lowest BCUT2D eigenvalue weighted by molar-refractivity contribution is 0.662. The summed E-state index contributed by atoms with van der Waals surface area (Å²) in [6.45, 7) is 2.79. The summed E-state index contributed by atoms with van der Waals surface area (Å²) in [5.41, 5.74) is 6.62. The summed E-state index contributed by atoms with van der Waals surface area (Å²) in [5, 5.41) is 0. The number of hydrogen-bond acceptors (Lipinski definition) is 4. The summed E-state index contributed by atoms with van der Waals surface area (Å²) in [7, 11) is 2.09. The van der Waals surface area contributed by atoms with Crippen molar-refractivity contribution in [2.24, 2.45) is 5.73 Å². The van der Waals surface area contributed by atoms with Crippen LogP contribution in [0, 0.1) is 0 Å². The van der Waals surface area contributed by atoms with E-state index < -0.39 is 0 Å². The summed E-state index contributed by atoms with van der Waals surface area (Å²) >= 11 is 1.89. The van der Waals surface area contributed by atoms with E-state index in [4.69, 9.17) is 5.73 Å². The summed E-state index contributed by atoms with van der Waals surface area (Å²) < 4.78 is 0. The Labute approximate surface area is 102 Å². The van der Waals surface area contributed by atoms with Gasteiger partial charge in [-0.2, -0.15) is 11.8 Å². The Morgan fingerprint density at radius 3 is 2.75 bits per heavy atom. The van der Waals surface area contributed by atoms with E-state index in [1.807, 2.05) is 30.1 Å². The monoisotopic (exact) mass is 239 g/mol. The van der Waals surface area contributed by atoms with Gasteiger partial charge in [0.1, 0.15) is 5.82 Å². The molecule has 1 unspecified atom stereocenters. The van der Waals surface area contributed by atoms with Gasteiger partial charge in [-0.1, -0.05) is 6.07 Å². The first-order valence-electron chi connectivity index (χ1n) is 5.55. The summed E-state index contributed by atoms with van der Waals surface area (Å²) in [6, 6.07) is 4.60. The minimum Gasteiger partial charge on any atom is -0.357 e. The highest BCUT2D eigenvalue weighted by Crippen LogP contribution is 2.15. The van der Waals surface area contributed by atoms with Gasteiger partial charge in [0.25, 0.3) is 0 Å². The lowest BCUT2D eigenvalue weighted by atomic mass is 10.2. The van der Waals surface area contributed by atoms with Gasteiger partial charge < -0.3 is 10.6 Å². The third kappa shape index (κ3) is 3.68. The van der Waals surface area contributed by atoms with E-state index in [9.17, 15) is 0 Å². The zero-order valence-corrected chi connectivity index (χ0v) is 11.1. The standard InChI is InChI=1S/C12H21N3S/c1-10(6-7-16-3)15(2)12-5-4-11(8-13)9-14-12/h4-5,9-10H,6-8,13H2,1-3H3. The largest absolute Gasteiger partial charge is 0.357 e. The SMILES string of the molecule is CSCCC(C)N(C)c1ccc(CN)cn1. The number of anilines is 1. The van der Waals surface area contributed by atoms with Crippen molar-refractivity contribution in [1.82, 2.24) is 4.98 Å². The lowest BCUT2D eigenvalue weighted by Crippen LogP contribution is -2.30. The molecule has 0 radical (unpaired) electrons. The Kier molecular flexibility index (Phi) is 5.63. The maximum absolute atomic E-state index is 5.55. The fraction of sp³-hybridized carbons (Fsp3) is 0.583. The van der Waals surface area contributed by atoms with E-state index in [0.717, 1.165) is 11.4 Å². The molecule has 1 heterocycles. The highest BCUT2D eigenvalue weighted by Gasteiger charge is 2.10. The maximum atomic E-state index is 5.55. The molecule has 0 spiro atoms. The van der Waals surface area contributed by atoms with Gasteiger partial charge in [-0.15, -0.1) is 0 Å². The van der Waals surface area contributed by atoms with Crippen LogP contribution in [0.2, 0.25) is 0 Å². The molecule has 0 aliphatic carbocycles. The Balaban J connectivity index is 2.60. The minimum absolute atomic E-state index is 0.517. The van der Waals surface area contributed by atoms with E-state index in [-0.39, 0.29) is 0 Å². The number of hydrogen-bond donors (Lipinski definition) is 1. The maximum Gasteiger partial charge on any atom is 0.128 e. The number of aromatic nitrogens is 1. The van der Waals surface area contributed by atoms with Gasteiger partial charge in [0.15, 0.2) is 0 Å². The van der Waals surface area contributed by atoms with Crippen LogP contribution < -0.4 is 10.6 Å². The number of nitrogens with zero attached hydrogens (tertiary/aromatic N) is 2. The topological polar surface area (TPSA) is 42.1 Å². The second kappa shape index (κ2) is 6.76. The van der Waals surface area contributed by atoms with Crippen molar-refractivity contribution in [3.8, 4) is 0 Å². The molecule has 1 rings (SSSR count). The zero-order valence-electron chi connectivity index (χ0n) is 10.3. The van der Waals surface area contributed by atoms with Crippen molar-refractivity contribution >= 4 is 17.6 Å². The van der Waals surface area contributed by atoms with Crippen molar-refractivity contribution in [3.05, 3.63) is 23.9 Å². The molecule has 1 aromatic rings. The van der Waals surface area contributed by atoms with Crippen LogP contribution in [0.15, 0.2) is 18.3 Å². The van der Waals surface area contributed by atoms with Crippen LogP contribution in [-0.2, 0) is 6.54 Å². The van der Waals surface area contributed by atoms with Gasteiger partial charge in [-0.05, 0) is 37.0 Å².